The number of carbonyl (C=O) groups is 1. The highest BCUT2D eigenvalue weighted by Gasteiger charge is 2.17. The summed E-state index contributed by atoms with van der Waals surface area (Å²) in [5, 5.41) is 12.3. The van der Waals surface area contributed by atoms with Crippen molar-refractivity contribution in [2.75, 3.05) is 17.7 Å². The van der Waals surface area contributed by atoms with Crippen LogP contribution in [0.1, 0.15) is 23.9 Å². The van der Waals surface area contributed by atoms with E-state index in [0.717, 1.165) is 38.5 Å². The van der Waals surface area contributed by atoms with Gasteiger partial charge in [-0.25, -0.2) is 0 Å². The van der Waals surface area contributed by atoms with Crippen LogP contribution in [-0.4, -0.2) is 33.0 Å². The molecule has 4 rings (SSSR count). The Kier molecular flexibility index (Phi) is 8.66. The van der Waals surface area contributed by atoms with Gasteiger partial charge in [0.15, 0.2) is 11.0 Å². The smallest absolute Gasteiger partial charge is 0.234 e. The number of nitrogens with one attached hydrogen (secondary N) is 1. The van der Waals surface area contributed by atoms with E-state index in [9.17, 15) is 4.79 Å². The van der Waals surface area contributed by atoms with Gasteiger partial charge in [-0.2, -0.15) is 0 Å². The zero-order chi connectivity index (χ0) is 25.5. The van der Waals surface area contributed by atoms with Crippen LogP contribution < -0.4 is 14.8 Å². The van der Waals surface area contributed by atoms with E-state index in [1.54, 1.807) is 0 Å². The number of rotatable bonds is 10. The third-order valence-electron chi connectivity index (χ3n) is 5.27. The van der Waals surface area contributed by atoms with Gasteiger partial charge in [0.1, 0.15) is 18.1 Å². The van der Waals surface area contributed by atoms with E-state index < -0.39 is 0 Å². The summed E-state index contributed by atoms with van der Waals surface area (Å²) in [6.45, 7) is 6.78. The molecule has 186 valence electrons. The molecule has 9 heteroatoms. The Morgan fingerprint density at radius 3 is 2.36 bits per heavy atom. The summed E-state index contributed by atoms with van der Waals surface area (Å²) in [7, 11) is 0. The van der Waals surface area contributed by atoms with E-state index in [4.69, 9.17) is 9.47 Å². The molecule has 7 nitrogen and oxygen atoms in total. The lowest BCUT2D eigenvalue weighted by Gasteiger charge is -2.12. The highest BCUT2D eigenvalue weighted by molar-refractivity contribution is 9.10. The molecule has 0 spiro atoms. The van der Waals surface area contributed by atoms with Gasteiger partial charge in [-0.05, 0) is 80.9 Å². The molecule has 1 amide bonds. The third kappa shape index (κ3) is 6.67. The molecule has 0 radical (unpaired) electrons. The van der Waals surface area contributed by atoms with Crippen molar-refractivity contribution < 1.29 is 14.3 Å². The maximum Gasteiger partial charge on any atom is 0.234 e. The van der Waals surface area contributed by atoms with Crippen molar-refractivity contribution in [1.29, 1.82) is 0 Å². The Bertz CT molecular complexity index is 1320. The molecule has 1 heterocycles. The monoisotopic (exact) mass is 566 g/mol. The number of ether oxygens (including phenoxy) is 2. The highest BCUT2D eigenvalue weighted by atomic mass is 79.9. The Morgan fingerprint density at radius 2 is 1.67 bits per heavy atom. The first-order valence-corrected chi connectivity index (χ1v) is 13.3. The van der Waals surface area contributed by atoms with E-state index in [1.165, 1.54) is 11.8 Å². The van der Waals surface area contributed by atoms with Crippen LogP contribution in [0.2, 0.25) is 0 Å². The average molecular weight is 568 g/mol. The van der Waals surface area contributed by atoms with Gasteiger partial charge in [-0.15, -0.1) is 10.2 Å². The lowest BCUT2D eigenvalue weighted by molar-refractivity contribution is -0.113. The van der Waals surface area contributed by atoms with Crippen LogP contribution in [-0.2, 0) is 11.4 Å². The summed E-state index contributed by atoms with van der Waals surface area (Å²) in [4.78, 5) is 12.6. The fraction of sp³-hybridized carbons (Fsp3) is 0.222. The fourth-order valence-electron chi connectivity index (χ4n) is 3.44. The minimum absolute atomic E-state index is 0.125. The molecule has 0 unspecified atom stereocenters. The van der Waals surface area contributed by atoms with Crippen LogP contribution in [0.5, 0.6) is 11.5 Å². The number of thioether (sulfide) groups is 1. The molecule has 1 aromatic heterocycles. The quantitative estimate of drug-likeness (QED) is 0.225. The first-order chi connectivity index (χ1) is 17.4. The molecule has 0 fully saturated rings. The van der Waals surface area contributed by atoms with Gasteiger partial charge in [0.05, 0.1) is 12.4 Å². The van der Waals surface area contributed by atoms with E-state index in [2.05, 4.69) is 31.4 Å². The Morgan fingerprint density at radius 1 is 0.972 bits per heavy atom. The standard InChI is InChI=1S/C27H27BrN4O3S/c1-4-34-22-12-8-21(9-13-22)32-25(16-35-23-10-5-18(2)6-11-23)30-31-27(32)36-17-26(33)29-20-7-14-24(28)19(3)15-20/h5-15H,4,16-17H2,1-3H3,(H,29,33). The first kappa shape index (κ1) is 25.8. The topological polar surface area (TPSA) is 78.3 Å². The van der Waals surface area contributed by atoms with Crippen LogP contribution in [0.4, 0.5) is 5.69 Å². The van der Waals surface area contributed by atoms with Gasteiger partial charge in [0, 0.05) is 15.8 Å². The number of halogens is 1. The Labute approximate surface area is 223 Å². The van der Waals surface area contributed by atoms with Crippen LogP contribution >= 0.6 is 27.7 Å². The number of aryl methyl sites for hydroxylation is 2. The van der Waals surface area contributed by atoms with E-state index >= 15 is 0 Å². The predicted molar refractivity (Wildman–Crippen MR) is 146 cm³/mol. The molecule has 1 N–H and O–H groups in total. The average Bonchev–Trinajstić information content (AvgIpc) is 3.28. The van der Waals surface area contributed by atoms with E-state index in [1.807, 2.05) is 92.1 Å². The minimum Gasteiger partial charge on any atom is -0.494 e. The second-order valence-corrected chi connectivity index (χ2v) is 9.86. The summed E-state index contributed by atoms with van der Waals surface area (Å²) in [6, 6.07) is 21.3. The number of hydrogen-bond acceptors (Lipinski definition) is 6. The van der Waals surface area contributed by atoms with Gasteiger partial charge in [0.2, 0.25) is 5.91 Å². The molecule has 0 bridgehead atoms. The van der Waals surface area contributed by atoms with Crippen molar-refractivity contribution >= 4 is 39.3 Å². The van der Waals surface area contributed by atoms with Crippen LogP contribution in [0.15, 0.2) is 76.4 Å². The molecule has 3 aromatic carbocycles. The number of nitrogens with zero attached hydrogens (tertiary/aromatic N) is 3. The Hall–Kier alpha value is -3.30. The van der Waals surface area contributed by atoms with Crippen LogP contribution in [0, 0.1) is 13.8 Å². The summed E-state index contributed by atoms with van der Waals surface area (Å²) in [5.41, 5.74) is 3.82. The molecule has 0 aliphatic carbocycles. The van der Waals surface area contributed by atoms with Crippen LogP contribution in [0.3, 0.4) is 0 Å². The first-order valence-electron chi connectivity index (χ1n) is 11.5. The number of anilines is 1. The second kappa shape index (κ2) is 12.1. The predicted octanol–water partition coefficient (Wildman–Crippen LogP) is 6.36. The van der Waals surface area contributed by atoms with Crippen molar-refractivity contribution in [3.63, 3.8) is 0 Å². The molecule has 4 aromatic rings. The summed E-state index contributed by atoms with van der Waals surface area (Å²) < 4.78 is 14.5. The van der Waals surface area contributed by atoms with Crippen LogP contribution in [0.25, 0.3) is 5.69 Å². The van der Waals surface area contributed by atoms with E-state index in [-0.39, 0.29) is 18.3 Å². The minimum atomic E-state index is -0.125. The molecule has 0 atom stereocenters. The highest BCUT2D eigenvalue weighted by Crippen LogP contribution is 2.26. The summed E-state index contributed by atoms with van der Waals surface area (Å²) in [5.74, 6) is 2.22. The van der Waals surface area contributed by atoms with Crippen molar-refractivity contribution in [3.05, 3.63) is 88.2 Å². The zero-order valence-corrected chi connectivity index (χ0v) is 22.7. The maximum absolute atomic E-state index is 12.6. The third-order valence-corrected chi connectivity index (χ3v) is 7.09. The summed E-state index contributed by atoms with van der Waals surface area (Å²) >= 11 is 4.80. The lowest BCUT2D eigenvalue weighted by Crippen LogP contribution is -2.15. The molecular formula is C27H27BrN4O3S. The molecule has 0 saturated heterocycles. The van der Waals surface area contributed by atoms with Crippen molar-refractivity contribution in [2.24, 2.45) is 0 Å². The Balaban J connectivity index is 1.51. The number of aromatic nitrogens is 3. The number of hydrogen-bond donors (Lipinski definition) is 1. The number of amides is 1. The van der Waals surface area contributed by atoms with Gasteiger partial charge < -0.3 is 14.8 Å². The molecule has 0 aliphatic heterocycles. The molecule has 0 saturated carbocycles. The zero-order valence-electron chi connectivity index (χ0n) is 20.3. The largest absolute Gasteiger partial charge is 0.494 e. The molecule has 0 aliphatic rings. The van der Waals surface area contributed by atoms with Crippen molar-refractivity contribution in [1.82, 2.24) is 14.8 Å². The SMILES string of the molecule is CCOc1ccc(-n2c(COc3ccc(C)cc3)nnc2SCC(=O)Nc2ccc(Br)c(C)c2)cc1. The van der Waals surface area contributed by atoms with Crippen molar-refractivity contribution in [2.45, 2.75) is 32.5 Å². The number of benzene rings is 3. The second-order valence-electron chi connectivity index (χ2n) is 8.06. The lowest BCUT2D eigenvalue weighted by atomic mass is 10.2. The van der Waals surface area contributed by atoms with Crippen molar-refractivity contribution in [3.8, 4) is 17.2 Å². The molecule has 36 heavy (non-hydrogen) atoms. The summed E-state index contributed by atoms with van der Waals surface area (Å²) in [6.07, 6.45) is 0. The van der Waals surface area contributed by atoms with Gasteiger partial charge in [-0.3, -0.25) is 9.36 Å². The molecular weight excluding hydrogens is 540 g/mol. The van der Waals surface area contributed by atoms with Gasteiger partial charge in [-0.1, -0.05) is 45.4 Å². The fourth-order valence-corrected chi connectivity index (χ4v) is 4.45. The number of carbonyl (C=O) groups excluding carboxylic acids is 1. The van der Waals surface area contributed by atoms with Gasteiger partial charge >= 0.3 is 0 Å². The van der Waals surface area contributed by atoms with E-state index in [0.29, 0.717) is 17.6 Å². The van der Waals surface area contributed by atoms with Gasteiger partial charge in [0.25, 0.3) is 0 Å². The maximum atomic E-state index is 12.6. The normalized spacial score (nSPS) is 10.8.